The van der Waals surface area contributed by atoms with Crippen molar-refractivity contribution >= 4 is 56.2 Å². The van der Waals surface area contributed by atoms with E-state index < -0.39 is 12.0 Å². The van der Waals surface area contributed by atoms with E-state index in [1.807, 2.05) is 97.1 Å². The first kappa shape index (κ1) is 33.4. The number of imide groups is 1. The highest BCUT2D eigenvalue weighted by atomic mass is 79.9. The lowest BCUT2D eigenvalue weighted by Gasteiger charge is -2.24. The molecule has 5 aromatic rings. The predicted molar refractivity (Wildman–Crippen MR) is 195 cm³/mol. The Labute approximate surface area is 298 Å². The molecular formula is C40H37BrN4O5. The molecule has 9 nitrogen and oxygen atoms in total. The molecule has 2 fully saturated rings. The van der Waals surface area contributed by atoms with Gasteiger partial charge in [-0.3, -0.25) is 24.5 Å². The van der Waals surface area contributed by atoms with E-state index in [2.05, 4.69) is 31.9 Å². The summed E-state index contributed by atoms with van der Waals surface area (Å²) in [6.07, 6.45) is 3.27. The Balaban J connectivity index is 1.07. The van der Waals surface area contributed by atoms with Crippen molar-refractivity contribution < 1.29 is 23.6 Å². The third-order valence-electron chi connectivity index (χ3n) is 9.49. The molecule has 4 amide bonds. The molecule has 2 aliphatic heterocycles. The highest BCUT2D eigenvalue weighted by Gasteiger charge is 2.34. The van der Waals surface area contributed by atoms with Crippen LogP contribution in [-0.4, -0.2) is 53.7 Å². The normalized spacial score (nSPS) is 17.8. The Bertz CT molecular complexity index is 2020. The van der Waals surface area contributed by atoms with Crippen LogP contribution < -0.4 is 16.0 Å². The minimum atomic E-state index is -0.676. The fraction of sp³-hybridized carbons (Fsp3) is 0.250. The summed E-state index contributed by atoms with van der Waals surface area (Å²) in [5.41, 5.74) is 4.48. The van der Waals surface area contributed by atoms with Crippen LogP contribution in [0.5, 0.6) is 0 Å². The number of carbonyl (C=O) groups excluding carboxylic acids is 4. The van der Waals surface area contributed by atoms with E-state index in [1.165, 1.54) is 0 Å². The first-order valence-electron chi connectivity index (χ1n) is 17.0. The molecule has 0 aliphatic carbocycles. The maximum Gasteiger partial charge on any atom is 0.247 e. The van der Waals surface area contributed by atoms with Gasteiger partial charge in [0.25, 0.3) is 0 Å². The first-order valence-corrected chi connectivity index (χ1v) is 17.7. The number of anilines is 1. The highest BCUT2D eigenvalue weighted by molar-refractivity contribution is 9.10. The maximum absolute atomic E-state index is 13.5. The predicted octanol–water partition coefficient (Wildman–Crippen LogP) is 6.56. The zero-order valence-corrected chi connectivity index (χ0v) is 28.9. The number of furan rings is 1. The number of nitrogens with zero attached hydrogens (tertiary/aromatic N) is 1. The summed E-state index contributed by atoms with van der Waals surface area (Å²) in [5, 5.41) is 9.58. The smallest absolute Gasteiger partial charge is 0.247 e. The van der Waals surface area contributed by atoms with E-state index in [-0.39, 0.29) is 36.1 Å². The van der Waals surface area contributed by atoms with Gasteiger partial charge in [0.1, 0.15) is 17.4 Å². The molecule has 3 heterocycles. The largest absolute Gasteiger partial charge is 0.455 e. The minimum Gasteiger partial charge on any atom is -0.455 e. The highest BCUT2D eigenvalue weighted by Crippen LogP contribution is 2.39. The van der Waals surface area contributed by atoms with Gasteiger partial charge in [-0.15, -0.1) is 0 Å². The van der Waals surface area contributed by atoms with Gasteiger partial charge in [-0.1, -0.05) is 84.9 Å². The van der Waals surface area contributed by atoms with Gasteiger partial charge < -0.3 is 20.0 Å². The molecule has 2 saturated heterocycles. The molecule has 254 valence electrons. The molecule has 0 bridgehead atoms. The third kappa shape index (κ3) is 7.13. The van der Waals surface area contributed by atoms with Gasteiger partial charge in [0, 0.05) is 23.2 Å². The van der Waals surface area contributed by atoms with E-state index in [0.717, 1.165) is 51.5 Å². The van der Waals surface area contributed by atoms with Crippen molar-refractivity contribution in [1.29, 1.82) is 0 Å². The van der Waals surface area contributed by atoms with Crippen LogP contribution in [0.2, 0.25) is 0 Å². The number of carbonyl (C=O) groups is 4. The molecule has 0 saturated carbocycles. The number of hydrogen-bond acceptors (Lipinski definition) is 6. The van der Waals surface area contributed by atoms with Crippen molar-refractivity contribution in [3.05, 3.63) is 124 Å². The van der Waals surface area contributed by atoms with Crippen molar-refractivity contribution in [2.24, 2.45) is 0 Å². The van der Waals surface area contributed by atoms with E-state index in [9.17, 15) is 19.2 Å². The Kier molecular flexibility index (Phi) is 9.91. The Hall–Kier alpha value is -5.06. The molecule has 7 rings (SSSR count). The Morgan fingerprint density at radius 2 is 1.56 bits per heavy atom. The van der Waals surface area contributed by atoms with Gasteiger partial charge in [-0.05, 0) is 83.0 Å². The SMILES string of the molecule is O=C(NC(=O)[C@@H](c1ccccc1)c1ccc(-c2oc3ccc(NC(=O)[C@@H]4CCCN4C(=O)Cc4ccccc4)cc3c2Br)cc1)C1CCCN1. The lowest BCUT2D eigenvalue weighted by Crippen LogP contribution is -2.45. The van der Waals surface area contributed by atoms with Gasteiger partial charge in [-0.25, -0.2) is 0 Å². The molecule has 1 unspecified atom stereocenters. The van der Waals surface area contributed by atoms with Crippen LogP contribution in [0.15, 0.2) is 112 Å². The fourth-order valence-electron chi connectivity index (χ4n) is 6.92. The lowest BCUT2D eigenvalue weighted by atomic mass is 9.89. The van der Waals surface area contributed by atoms with Crippen LogP contribution in [0.25, 0.3) is 22.3 Å². The molecule has 3 atom stereocenters. The van der Waals surface area contributed by atoms with Crippen molar-refractivity contribution in [1.82, 2.24) is 15.5 Å². The number of benzene rings is 4. The van der Waals surface area contributed by atoms with Crippen molar-refractivity contribution in [2.75, 3.05) is 18.4 Å². The van der Waals surface area contributed by atoms with E-state index >= 15 is 0 Å². The standard InChI is InChI=1S/C40H37BrN4O5/c41-36-30-24-29(43-39(48)32-14-8-22-45(32)34(46)23-25-9-3-1-4-10-25)19-20-33(30)50-37(36)28-17-15-27(16-18-28)35(26-11-5-2-6-12-26)40(49)44-38(47)31-13-7-21-42-31/h1-6,9-12,15-20,24,31-32,35,42H,7-8,13-14,21-23H2,(H,43,48)(H,44,47,49)/t31?,32-,35-/m0/s1. The topological polar surface area (TPSA) is 121 Å². The Morgan fingerprint density at radius 1 is 0.840 bits per heavy atom. The van der Waals surface area contributed by atoms with E-state index in [0.29, 0.717) is 36.4 Å². The van der Waals surface area contributed by atoms with Gasteiger partial charge in [0.05, 0.1) is 22.9 Å². The second kappa shape index (κ2) is 14.8. The molecule has 2 aliphatic rings. The maximum atomic E-state index is 13.5. The summed E-state index contributed by atoms with van der Waals surface area (Å²) in [7, 11) is 0. The first-order chi connectivity index (χ1) is 24.4. The van der Waals surface area contributed by atoms with Crippen molar-refractivity contribution in [3.8, 4) is 11.3 Å². The van der Waals surface area contributed by atoms with Crippen LogP contribution in [0.1, 0.15) is 48.3 Å². The van der Waals surface area contributed by atoms with Crippen LogP contribution >= 0.6 is 15.9 Å². The zero-order valence-electron chi connectivity index (χ0n) is 27.4. The Morgan fingerprint density at radius 3 is 2.28 bits per heavy atom. The zero-order chi connectivity index (χ0) is 34.6. The molecule has 10 heteroatoms. The van der Waals surface area contributed by atoms with Gasteiger partial charge in [-0.2, -0.15) is 0 Å². The molecule has 3 N–H and O–H groups in total. The summed E-state index contributed by atoms with van der Waals surface area (Å²) < 4.78 is 6.97. The summed E-state index contributed by atoms with van der Waals surface area (Å²) >= 11 is 3.72. The molecule has 4 aromatic carbocycles. The quantitative estimate of drug-likeness (QED) is 0.158. The number of rotatable bonds is 9. The number of likely N-dealkylation sites (tertiary alicyclic amines) is 1. The van der Waals surface area contributed by atoms with Crippen LogP contribution in [-0.2, 0) is 25.6 Å². The number of nitrogens with one attached hydrogen (secondary N) is 3. The van der Waals surface area contributed by atoms with Gasteiger partial charge >= 0.3 is 0 Å². The van der Waals surface area contributed by atoms with E-state index in [4.69, 9.17) is 4.42 Å². The van der Waals surface area contributed by atoms with Crippen LogP contribution in [0.3, 0.4) is 0 Å². The second-order valence-corrected chi connectivity index (χ2v) is 13.6. The molecule has 50 heavy (non-hydrogen) atoms. The molecule has 1 aromatic heterocycles. The lowest BCUT2D eigenvalue weighted by molar-refractivity contribution is -0.136. The molecule has 0 radical (unpaired) electrons. The summed E-state index contributed by atoms with van der Waals surface area (Å²) in [5.74, 6) is -1.01. The number of halogens is 1. The fourth-order valence-corrected chi connectivity index (χ4v) is 7.54. The van der Waals surface area contributed by atoms with Crippen LogP contribution in [0.4, 0.5) is 5.69 Å². The third-order valence-corrected chi connectivity index (χ3v) is 10.3. The van der Waals surface area contributed by atoms with E-state index in [1.54, 1.807) is 11.0 Å². The number of hydrogen-bond donors (Lipinski definition) is 3. The second-order valence-electron chi connectivity index (χ2n) is 12.8. The minimum absolute atomic E-state index is 0.0527. The van der Waals surface area contributed by atoms with Gasteiger partial charge in [0.15, 0.2) is 0 Å². The van der Waals surface area contributed by atoms with Gasteiger partial charge in [0.2, 0.25) is 23.6 Å². The average molecular weight is 734 g/mol. The summed E-state index contributed by atoms with van der Waals surface area (Å²) in [6, 6.07) is 31.1. The van der Waals surface area contributed by atoms with Crippen molar-refractivity contribution in [2.45, 2.75) is 50.1 Å². The summed E-state index contributed by atoms with van der Waals surface area (Å²) in [4.78, 5) is 54.5. The summed E-state index contributed by atoms with van der Waals surface area (Å²) in [6.45, 7) is 1.32. The number of fused-ring (bicyclic) bond motifs is 1. The molecule has 0 spiro atoms. The number of amides is 4. The van der Waals surface area contributed by atoms with Crippen molar-refractivity contribution in [3.63, 3.8) is 0 Å². The molecular weight excluding hydrogens is 696 g/mol. The monoisotopic (exact) mass is 732 g/mol. The average Bonchev–Trinajstić information content (AvgIpc) is 3.91. The van der Waals surface area contributed by atoms with Crippen LogP contribution in [0, 0.1) is 0 Å².